The van der Waals surface area contributed by atoms with Gasteiger partial charge in [-0.1, -0.05) is 24.6 Å². The summed E-state index contributed by atoms with van der Waals surface area (Å²) in [6.07, 6.45) is 2.07. The molecule has 3 aliphatic rings. The number of H-pyrrole nitrogens is 1. The number of aromatic nitrogens is 2. The molecule has 42 heavy (non-hydrogen) atoms. The van der Waals surface area contributed by atoms with Gasteiger partial charge in [0.15, 0.2) is 23.6 Å². The summed E-state index contributed by atoms with van der Waals surface area (Å²) >= 11 is 6.57. The van der Waals surface area contributed by atoms with Crippen LogP contribution in [0, 0.1) is 18.6 Å². The van der Waals surface area contributed by atoms with E-state index in [-0.39, 0.29) is 12.7 Å². The molecule has 2 aromatic heterocycles. The van der Waals surface area contributed by atoms with Gasteiger partial charge in [0.25, 0.3) is 5.56 Å². The number of aromatic amines is 1. The van der Waals surface area contributed by atoms with Crippen LogP contribution in [0.4, 0.5) is 20.4 Å². The number of halogens is 3. The van der Waals surface area contributed by atoms with E-state index in [4.69, 9.17) is 30.8 Å². The van der Waals surface area contributed by atoms with Crippen molar-refractivity contribution in [3.05, 3.63) is 74.2 Å². The summed E-state index contributed by atoms with van der Waals surface area (Å²) in [7, 11) is 0. The van der Waals surface area contributed by atoms with Crippen LogP contribution in [-0.4, -0.2) is 58.6 Å². The van der Waals surface area contributed by atoms with E-state index >= 15 is 4.39 Å². The smallest absolute Gasteiger partial charge is 0.283 e. The third kappa shape index (κ3) is 5.54. The standard InChI is InChI=1S/C30H31ClF2N4O5/c1-3-4-24(42-23-13-41-26-22(38)12-40-27(23)26)36-28-14(2)7-18(31)29(37-28)35-21-6-5-15-8-16(9-19(32)25(15)21)17-10-20(33)30(39)34-11-17/h7-11,21-23,26-27,38H,3-6,12-13H2,1-2H3,(H,34,39)(H,35,37)/t21-,22+,23+,26+,27+/m0/s1. The van der Waals surface area contributed by atoms with Gasteiger partial charge in [-0.3, -0.25) is 4.79 Å². The summed E-state index contributed by atoms with van der Waals surface area (Å²) in [5, 5.41) is 13.7. The first-order valence-corrected chi connectivity index (χ1v) is 14.4. The van der Waals surface area contributed by atoms with Crippen molar-refractivity contribution in [2.75, 3.05) is 18.5 Å². The van der Waals surface area contributed by atoms with Gasteiger partial charge >= 0.3 is 0 Å². The zero-order valence-electron chi connectivity index (χ0n) is 23.1. The lowest BCUT2D eigenvalue weighted by molar-refractivity contribution is 0.00529. The van der Waals surface area contributed by atoms with Gasteiger partial charge in [-0.2, -0.15) is 4.99 Å². The van der Waals surface area contributed by atoms with Crippen molar-refractivity contribution in [2.45, 2.75) is 70.0 Å². The minimum Gasteiger partial charge on any atom is -0.472 e. The molecular weight excluding hydrogens is 570 g/mol. The maximum atomic E-state index is 15.4. The average Bonchev–Trinajstić information content (AvgIpc) is 3.65. The predicted molar refractivity (Wildman–Crippen MR) is 153 cm³/mol. The number of aliphatic hydroxyl groups excluding tert-OH is 1. The molecule has 0 radical (unpaired) electrons. The molecule has 1 aromatic carbocycles. The number of hydrogen-bond donors (Lipinski definition) is 3. The number of aliphatic hydroxyl groups is 1. The van der Waals surface area contributed by atoms with Gasteiger partial charge in [0.2, 0.25) is 0 Å². The lowest BCUT2D eigenvalue weighted by Gasteiger charge is -2.20. The largest absolute Gasteiger partial charge is 0.472 e. The van der Waals surface area contributed by atoms with Crippen molar-refractivity contribution in [2.24, 2.45) is 4.99 Å². The summed E-state index contributed by atoms with van der Waals surface area (Å²) in [4.78, 5) is 23.1. The summed E-state index contributed by atoms with van der Waals surface area (Å²) in [5.74, 6) is -0.107. The molecule has 3 aromatic rings. The number of anilines is 1. The van der Waals surface area contributed by atoms with Crippen LogP contribution in [0.15, 0.2) is 40.2 Å². The Morgan fingerprint density at radius 1 is 1.19 bits per heavy atom. The van der Waals surface area contributed by atoms with Crippen LogP contribution in [0.5, 0.6) is 0 Å². The molecule has 9 nitrogen and oxygen atoms in total. The second-order valence-corrected chi connectivity index (χ2v) is 11.3. The highest BCUT2D eigenvalue weighted by Gasteiger charge is 2.48. The van der Waals surface area contributed by atoms with Gasteiger partial charge in [-0.05, 0) is 61.1 Å². The van der Waals surface area contributed by atoms with E-state index < -0.39 is 41.5 Å². The highest BCUT2D eigenvalue weighted by atomic mass is 35.5. The topological polar surface area (TPSA) is 118 Å². The van der Waals surface area contributed by atoms with Crippen LogP contribution in [0.25, 0.3) is 11.1 Å². The van der Waals surface area contributed by atoms with Crippen LogP contribution in [0.1, 0.15) is 48.9 Å². The molecule has 0 amide bonds. The molecule has 0 unspecified atom stereocenters. The van der Waals surface area contributed by atoms with Crippen LogP contribution >= 0.6 is 11.6 Å². The fourth-order valence-electron chi connectivity index (χ4n) is 5.79. The molecule has 12 heteroatoms. The van der Waals surface area contributed by atoms with Crippen LogP contribution < -0.4 is 10.9 Å². The summed E-state index contributed by atoms with van der Waals surface area (Å²) in [5.41, 5.74) is 2.06. The monoisotopic (exact) mass is 600 g/mol. The van der Waals surface area contributed by atoms with E-state index in [1.165, 1.54) is 12.3 Å². The first kappa shape index (κ1) is 28.7. The Balaban J connectivity index is 1.24. The molecule has 222 valence electrons. The van der Waals surface area contributed by atoms with Gasteiger partial charge in [0.1, 0.15) is 29.9 Å². The fraction of sp³-hybridized carbons (Fsp3) is 0.433. The van der Waals surface area contributed by atoms with E-state index in [2.05, 4.69) is 15.3 Å². The number of nitrogens with zero attached hydrogens (tertiary/aromatic N) is 2. The molecule has 1 aliphatic carbocycles. The zero-order valence-corrected chi connectivity index (χ0v) is 23.9. The van der Waals surface area contributed by atoms with Crippen molar-refractivity contribution < 1.29 is 28.1 Å². The number of aliphatic imine (C=N–C) groups is 1. The average molecular weight is 601 g/mol. The molecule has 4 heterocycles. The Kier molecular flexibility index (Phi) is 8.01. The molecule has 5 atom stereocenters. The Morgan fingerprint density at radius 3 is 2.76 bits per heavy atom. The fourth-order valence-corrected chi connectivity index (χ4v) is 6.05. The molecule has 2 saturated heterocycles. The van der Waals surface area contributed by atoms with Crippen LogP contribution in [-0.2, 0) is 20.6 Å². The second kappa shape index (κ2) is 11.7. The number of nitrogens with one attached hydrogen (secondary N) is 2. The maximum absolute atomic E-state index is 15.4. The van der Waals surface area contributed by atoms with Gasteiger partial charge < -0.3 is 29.6 Å². The summed E-state index contributed by atoms with van der Waals surface area (Å²) < 4.78 is 46.8. The van der Waals surface area contributed by atoms with E-state index in [1.54, 1.807) is 6.07 Å². The number of aryl methyl sites for hydroxylation is 2. The van der Waals surface area contributed by atoms with E-state index in [9.17, 15) is 14.3 Å². The van der Waals surface area contributed by atoms with E-state index in [1.807, 2.05) is 19.9 Å². The highest BCUT2D eigenvalue weighted by Crippen LogP contribution is 2.40. The number of benzene rings is 1. The lowest BCUT2D eigenvalue weighted by Crippen LogP contribution is -2.34. The van der Waals surface area contributed by atoms with Crippen LogP contribution in [0.2, 0.25) is 5.02 Å². The highest BCUT2D eigenvalue weighted by molar-refractivity contribution is 6.33. The van der Waals surface area contributed by atoms with Crippen molar-refractivity contribution in [1.82, 2.24) is 9.97 Å². The normalized spacial score (nSPS) is 25.0. The third-order valence-corrected chi connectivity index (χ3v) is 8.16. The Hall–Kier alpha value is -3.38. The second-order valence-electron chi connectivity index (χ2n) is 10.9. The van der Waals surface area contributed by atoms with Crippen molar-refractivity contribution in [3.63, 3.8) is 0 Å². The van der Waals surface area contributed by atoms with Crippen molar-refractivity contribution in [3.8, 4) is 11.1 Å². The number of pyridine rings is 2. The summed E-state index contributed by atoms with van der Waals surface area (Å²) in [6.45, 7) is 4.37. The molecule has 0 bridgehead atoms. The lowest BCUT2D eigenvalue weighted by atomic mass is 10.00. The SMILES string of the molecule is CCCC(=Nc1nc(N[C@H]2CCc3cc(-c4c[nH]c(=O)c(F)c4)cc(F)c32)c(Cl)cc1C)O[C@@H]1CO[C@H]2[C@@H]1OC[C@H]2O. The molecular formula is C30H31ClF2N4O5. The van der Waals surface area contributed by atoms with Crippen molar-refractivity contribution in [1.29, 1.82) is 0 Å². The predicted octanol–water partition coefficient (Wildman–Crippen LogP) is 5.15. The Morgan fingerprint density at radius 2 is 1.98 bits per heavy atom. The minimum absolute atomic E-state index is 0.209. The molecule has 6 rings (SSSR count). The van der Waals surface area contributed by atoms with E-state index in [0.29, 0.717) is 65.1 Å². The van der Waals surface area contributed by atoms with Gasteiger partial charge in [0.05, 0.1) is 24.3 Å². The Bertz CT molecular complexity index is 1600. The summed E-state index contributed by atoms with van der Waals surface area (Å²) in [6, 6.07) is 5.61. The first-order valence-electron chi connectivity index (χ1n) is 14.0. The third-order valence-electron chi connectivity index (χ3n) is 7.87. The van der Waals surface area contributed by atoms with Gasteiger partial charge in [-0.15, -0.1) is 0 Å². The van der Waals surface area contributed by atoms with Gasteiger partial charge in [-0.25, -0.2) is 13.8 Å². The number of fused-ring (bicyclic) bond motifs is 2. The zero-order chi connectivity index (χ0) is 29.5. The number of hydrogen-bond acceptors (Lipinski definition) is 8. The molecule has 2 aliphatic heterocycles. The number of rotatable bonds is 7. The molecule has 0 saturated carbocycles. The van der Waals surface area contributed by atoms with Crippen LogP contribution in [0.3, 0.4) is 0 Å². The molecule has 2 fully saturated rings. The van der Waals surface area contributed by atoms with Gasteiger partial charge in [0, 0.05) is 23.7 Å². The minimum atomic E-state index is -0.926. The van der Waals surface area contributed by atoms with E-state index in [0.717, 1.165) is 23.6 Å². The quantitative estimate of drug-likeness (QED) is 0.254. The number of ether oxygens (including phenoxy) is 3. The Labute approximate surface area is 245 Å². The van der Waals surface area contributed by atoms with Crippen molar-refractivity contribution >= 4 is 29.1 Å². The molecule has 0 spiro atoms. The molecule has 3 N–H and O–H groups in total. The first-order chi connectivity index (χ1) is 20.2. The maximum Gasteiger partial charge on any atom is 0.283 e.